The van der Waals surface area contributed by atoms with Gasteiger partial charge in [0, 0.05) is 0 Å². The van der Waals surface area contributed by atoms with Crippen LogP contribution in [-0.4, -0.2) is 18.8 Å². The summed E-state index contributed by atoms with van der Waals surface area (Å²) in [6.45, 7) is 4.18. The van der Waals surface area contributed by atoms with E-state index < -0.39 is 0 Å². The van der Waals surface area contributed by atoms with Gasteiger partial charge < -0.3 is 4.74 Å². The summed E-state index contributed by atoms with van der Waals surface area (Å²) in [5.74, 6) is 1.21. The number of ether oxygens (including phenoxy) is 1. The summed E-state index contributed by atoms with van der Waals surface area (Å²) < 4.78 is 4.80. The van der Waals surface area contributed by atoms with Crippen molar-refractivity contribution in [1.82, 2.24) is 0 Å². The SMILES string of the molecule is CCCCCCC(CCS)C(C)C(=O)OC. The molecule has 0 bridgehead atoms. The Labute approximate surface area is 106 Å². The average molecular weight is 246 g/mol. The third kappa shape index (κ3) is 6.41. The van der Waals surface area contributed by atoms with Gasteiger partial charge in [0.15, 0.2) is 0 Å². The van der Waals surface area contributed by atoms with Crippen LogP contribution in [0.3, 0.4) is 0 Å². The first kappa shape index (κ1) is 15.8. The first-order valence-electron chi connectivity index (χ1n) is 6.36. The Morgan fingerprint density at radius 2 is 1.94 bits per heavy atom. The van der Waals surface area contributed by atoms with Crippen molar-refractivity contribution in [3.8, 4) is 0 Å². The molecule has 0 aliphatic rings. The molecule has 0 spiro atoms. The van der Waals surface area contributed by atoms with E-state index in [1.54, 1.807) is 0 Å². The molecule has 2 nitrogen and oxygen atoms in total. The van der Waals surface area contributed by atoms with Gasteiger partial charge in [0.05, 0.1) is 13.0 Å². The molecule has 16 heavy (non-hydrogen) atoms. The fraction of sp³-hybridized carbons (Fsp3) is 0.923. The van der Waals surface area contributed by atoms with Crippen molar-refractivity contribution in [2.75, 3.05) is 12.9 Å². The third-order valence-corrected chi connectivity index (χ3v) is 3.47. The standard InChI is InChI=1S/C13H26O2S/c1-4-5-6-7-8-12(9-10-16)11(2)13(14)15-3/h11-12,16H,4-10H2,1-3H3. The van der Waals surface area contributed by atoms with Crippen LogP contribution in [0.25, 0.3) is 0 Å². The highest BCUT2D eigenvalue weighted by atomic mass is 32.1. The summed E-state index contributed by atoms with van der Waals surface area (Å²) in [6, 6.07) is 0. The minimum Gasteiger partial charge on any atom is -0.469 e. The van der Waals surface area contributed by atoms with Gasteiger partial charge in [-0.25, -0.2) is 0 Å². The Bertz CT molecular complexity index is 183. The summed E-state index contributed by atoms with van der Waals surface area (Å²) in [5, 5.41) is 0. The largest absolute Gasteiger partial charge is 0.469 e. The van der Waals surface area contributed by atoms with Gasteiger partial charge in [-0.15, -0.1) is 0 Å². The molecule has 3 heteroatoms. The summed E-state index contributed by atoms with van der Waals surface area (Å²) >= 11 is 4.26. The monoisotopic (exact) mass is 246 g/mol. The van der Waals surface area contributed by atoms with Crippen LogP contribution < -0.4 is 0 Å². The van der Waals surface area contributed by atoms with E-state index in [1.807, 2.05) is 6.92 Å². The zero-order valence-corrected chi connectivity index (χ0v) is 11.8. The molecule has 0 N–H and O–H groups in total. The maximum atomic E-state index is 11.5. The molecule has 0 aliphatic heterocycles. The van der Waals surface area contributed by atoms with E-state index in [4.69, 9.17) is 4.74 Å². The fourth-order valence-electron chi connectivity index (χ4n) is 2.02. The summed E-state index contributed by atoms with van der Waals surface area (Å²) in [4.78, 5) is 11.5. The second-order valence-corrected chi connectivity index (χ2v) is 4.88. The van der Waals surface area contributed by atoms with E-state index in [2.05, 4.69) is 19.6 Å². The zero-order chi connectivity index (χ0) is 12.4. The topological polar surface area (TPSA) is 26.3 Å². The molecule has 0 heterocycles. The summed E-state index contributed by atoms with van der Waals surface area (Å²) in [7, 11) is 1.47. The van der Waals surface area contributed by atoms with Crippen LogP contribution >= 0.6 is 12.6 Å². The summed E-state index contributed by atoms with van der Waals surface area (Å²) in [5.41, 5.74) is 0. The van der Waals surface area contributed by atoms with Crippen molar-refractivity contribution in [3.05, 3.63) is 0 Å². The van der Waals surface area contributed by atoms with Crippen LogP contribution in [-0.2, 0) is 9.53 Å². The van der Waals surface area contributed by atoms with Crippen molar-refractivity contribution >= 4 is 18.6 Å². The van der Waals surface area contributed by atoms with Crippen molar-refractivity contribution in [1.29, 1.82) is 0 Å². The van der Waals surface area contributed by atoms with Gasteiger partial charge in [-0.2, -0.15) is 12.6 Å². The van der Waals surface area contributed by atoms with Crippen LogP contribution in [0.5, 0.6) is 0 Å². The molecule has 0 radical (unpaired) electrons. The van der Waals surface area contributed by atoms with E-state index in [1.165, 1.54) is 32.8 Å². The number of hydrogen-bond acceptors (Lipinski definition) is 3. The molecule has 0 aromatic carbocycles. The summed E-state index contributed by atoms with van der Waals surface area (Å²) in [6.07, 6.45) is 7.16. The lowest BCUT2D eigenvalue weighted by Gasteiger charge is -2.21. The Balaban J connectivity index is 3.99. The molecule has 0 aromatic heterocycles. The van der Waals surface area contributed by atoms with E-state index in [0.29, 0.717) is 5.92 Å². The Hall–Kier alpha value is -0.180. The van der Waals surface area contributed by atoms with Crippen molar-refractivity contribution < 1.29 is 9.53 Å². The number of carbonyl (C=O) groups excluding carboxylic acids is 1. The molecular weight excluding hydrogens is 220 g/mol. The molecule has 2 unspecified atom stereocenters. The number of rotatable bonds is 9. The molecule has 0 aliphatic carbocycles. The number of carbonyl (C=O) groups is 1. The fourth-order valence-corrected chi connectivity index (χ4v) is 2.35. The second-order valence-electron chi connectivity index (χ2n) is 4.43. The molecular formula is C13H26O2S. The number of methoxy groups -OCH3 is 1. The van der Waals surface area contributed by atoms with Crippen molar-refractivity contribution in [2.45, 2.75) is 52.4 Å². The second kappa shape index (κ2) is 10.0. The maximum Gasteiger partial charge on any atom is 0.308 e. The van der Waals surface area contributed by atoms with E-state index in [0.717, 1.165) is 18.6 Å². The predicted molar refractivity (Wildman–Crippen MR) is 71.9 cm³/mol. The molecule has 0 fully saturated rings. The molecule has 0 saturated heterocycles. The maximum absolute atomic E-state index is 11.5. The highest BCUT2D eigenvalue weighted by Crippen LogP contribution is 2.24. The molecule has 0 rings (SSSR count). The first-order chi connectivity index (χ1) is 7.67. The van der Waals surface area contributed by atoms with Crippen LogP contribution in [0, 0.1) is 11.8 Å². The molecule has 2 atom stereocenters. The van der Waals surface area contributed by atoms with Gasteiger partial charge in [0.2, 0.25) is 0 Å². The van der Waals surface area contributed by atoms with Crippen molar-refractivity contribution in [2.24, 2.45) is 11.8 Å². The molecule has 0 saturated carbocycles. The van der Waals surface area contributed by atoms with Gasteiger partial charge in [-0.05, 0) is 24.5 Å². The van der Waals surface area contributed by atoms with Crippen LogP contribution in [0.1, 0.15) is 52.4 Å². The third-order valence-electron chi connectivity index (χ3n) is 3.21. The van der Waals surface area contributed by atoms with Gasteiger partial charge in [-0.3, -0.25) is 4.79 Å². The molecule has 0 aromatic rings. The lowest BCUT2D eigenvalue weighted by Crippen LogP contribution is -2.22. The lowest BCUT2D eigenvalue weighted by molar-refractivity contribution is -0.146. The van der Waals surface area contributed by atoms with Gasteiger partial charge in [0.25, 0.3) is 0 Å². The quantitative estimate of drug-likeness (QED) is 0.381. The number of esters is 1. The van der Waals surface area contributed by atoms with E-state index >= 15 is 0 Å². The normalized spacial score (nSPS) is 14.5. The predicted octanol–water partition coefficient (Wildman–Crippen LogP) is 3.70. The van der Waals surface area contributed by atoms with Crippen LogP contribution in [0.2, 0.25) is 0 Å². The number of thiol groups is 1. The Morgan fingerprint density at radius 1 is 1.25 bits per heavy atom. The highest BCUT2D eigenvalue weighted by Gasteiger charge is 2.23. The first-order valence-corrected chi connectivity index (χ1v) is 6.99. The number of hydrogen-bond donors (Lipinski definition) is 1. The number of unbranched alkanes of at least 4 members (excludes halogenated alkanes) is 3. The van der Waals surface area contributed by atoms with Crippen LogP contribution in [0.4, 0.5) is 0 Å². The molecule has 0 amide bonds. The minimum atomic E-state index is -0.0812. The smallest absolute Gasteiger partial charge is 0.308 e. The average Bonchev–Trinajstić information content (AvgIpc) is 2.31. The Morgan fingerprint density at radius 3 is 2.44 bits per heavy atom. The minimum absolute atomic E-state index is 0.0128. The zero-order valence-electron chi connectivity index (χ0n) is 10.9. The van der Waals surface area contributed by atoms with E-state index in [-0.39, 0.29) is 11.9 Å². The highest BCUT2D eigenvalue weighted by molar-refractivity contribution is 7.80. The van der Waals surface area contributed by atoms with Gasteiger partial charge in [0.1, 0.15) is 0 Å². The van der Waals surface area contributed by atoms with Gasteiger partial charge >= 0.3 is 5.97 Å². The lowest BCUT2D eigenvalue weighted by atomic mass is 9.87. The van der Waals surface area contributed by atoms with Crippen molar-refractivity contribution in [3.63, 3.8) is 0 Å². The molecule has 96 valence electrons. The van der Waals surface area contributed by atoms with Gasteiger partial charge in [-0.1, -0.05) is 39.5 Å². The Kier molecular flexibility index (Phi) is 9.89. The van der Waals surface area contributed by atoms with E-state index in [9.17, 15) is 4.79 Å². The van der Waals surface area contributed by atoms with Crippen LogP contribution in [0.15, 0.2) is 0 Å².